The van der Waals surface area contributed by atoms with Gasteiger partial charge in [-0.3, -0.25) is 9.78 Å². The number of carbonyl (C=O) groups excluding carboxylic acids is 1. The molecule has 0 atom stereocenters. The monoisotopic (exact) mass is 288 g/mol. The van der Waals surface area contributed by atoms with E-state index in [1.165, 1.54) is 0 Å². The SMILES string of the molecule is Cc1ccc2cccc(C(=O)NCCCOCCO)c2n1. The van der Waals surface area contributed by atoms with Crippen molar-refractivity contribution in [3.05, 3.63) is 41.6 Å². The third-order valence-electron chi connectivity index (χ3n) is 3.09. The van der Waals surface area contributed by atoms with Gasteiger partial charge >= 0.3 is 0 Å². The average Bonchev–Trinajstić information content (AvgIpc) is 2.50. The van der Waals surface area contributed by atoms with Crippen molar-refractivity contribution in [1.29, 1.82) is 0 Å². The number of hydrogen-bond donors (Lipinski definition) is 2. The molecule has 1 heterocycles. The van der Waals surface area contributed by atoms with Gasteiger partial charge in [-0.2, -0.15) is 0 Å². The molecular weight excluding hydrogens is 268 g/mol. The van der Waals surface area contributed by atoms with Gasteiger partial charge in [-0.25, -0.2) is 0 Å². The number of rotatable bonds is 7. The summed E-state index contributed by atoms with van der Waals surface area (Å²) in [4.78, 5) is 16.7. The lowest BCUT2D eigenvalue weighted by Crippen LogP contribution is -2.25. The van der Waals surface area contributed by atoms with Crippen molar-refractivity contribution in [2.75, 3.05) is 26.4 Å². The molecule has 1 amide bonds. The van der Waals surface area contributed by atoms with E-state index in [9.17, 15) is 4.79 Å². The third-order valence-corrected chi connectivity index (χ3v) is 3.09. The van der Waals surface area contributed by atoms with Gasteiger partial charge in [0.15, 0.2) is 0 Å². The molecule has 0 spiro atoms. The number of aryl methyl sites for hydroxylation is 1. The molecule has 0 aliphatic rings. The highest BCUT2D eigenvalue weighted by Crippen LogP contribution is 2.17. The number of nitrogens with zero attached hydrogens (tertiary/aromatic N) is 1. The number of nitrogens with one attached hydrogen (secondary N) is 1. The molecule has 0 bridgehead atoms. The highest BCUT2D eigenvalue weighted by molar-refractivity contribution is 6.05. The van der Waals surface area contributed by atoms with Crippen molar-refractivity contribution < 1.29 is 14.6 Å². The number of hydrogen-bond acceptors (Lipinski definition) is 4. The number of benzene rings is 1. The van der Waals surface area contributed by atoms with Crippen LogP contribution < -0.4 is 5.32 Å². The van der Waals surface area contributed by atoms with Crippen LogP contribution in [0.1, 0.15) is 22.5 Å². The maximum absolute atomic E-state index is 12.2. The lowest BCUT2D eigenvalue weighted by Gasteiger charge is -2.08. The summed E-state index contributed by atoms with van der Waals surface area (Å²) in [6.07, 6.45) is 0.711. The van der Waals surface area contributed by atoms with Gasteiger partial charge < -0.3 is 15.2 Å². The van der Waals surface area contributed by atoms with Crippen LogP contribution in [0.5, 0.6) is 0 Å². The van der Waals surface area contributed by atoms with Gasteiger partial charge in [-0.15, -0.1) is 0 Å². The van der Waals surface area contributed by atoms with Crippen molar-refractivity contribution >= 4 is 16.8 Å². The number of carbonyl (C=O) groups is 1. The first-order valence-corrected chi connectivity index (χ1v) is 7.05. The number of fused-ring (bicyclic) bond motifs is 1. The van der Waals surface area contributed by atoms with Gasteiger partial charge in [0.2, 0.25) is 0 Å². The van der Waals surface area contributed by atoms with E-state index in [1.54, 1.807) is 6.07 Å². The Balaban J connectivity index is 1.98. The molecule has 2 N–H and O–H groups in total. The van der Waals surface area contributed by atoms with Crippen molar-refractivity contribution in [2.45, 2.75) is 13.3 Å². The molecule has 21 heavy (non-hydrogen) atoms. The molecule has 0 aliphatic heterocycles. The molecule has 0 fully saturated rings. The predicted octanol–water partition coefficient (Wildman–Crippen LogP) is 1.67. The van der Waals surface area contributed by atoms with Crippen LogP contribution in [0.15, 0.2) is 30.3 Å². The number of pyridine rings is 1. The summed E-state index contributed by atoms with van der Waals surface area (Å²) < 4.78 is 5.14. The Labute approximate surface area is 124 Å². The van der Waals surface area contributed by atoms with Gasteiger partial charge in [-0.1, -0.05) is 18.2 Å². The minimum Gasteiger partial charge on any atom is -0.394 e. The van der Waals surface area contributed by atoms with E-state index >= 15 is 0 Å². The second-order valence-electron chi connectivity index (χ2n) is 4.78. The largest absolute Gasteiger partial charge is 0.394 e. The van der Waals surface area contributed by atoms with Crippen LogP contribution in [0.2, 0.25) is 0 Å². The van der Waals surface area contributed by atoms with Crippen LogP contribution in [0.25, 0.3) is 10.9 Å². The number of ether oxygens (including phenoxy) is 1. The first kappa shape index (κ1) is 15.4. The Morgan fingerprint density at radius 3 is 2.95 bits per heavy atom. The molecule has 0 unspecified atom stereocenters. The van der Waals surface area contributed by atoms with Gasteiger partial charge in [0.05, 0.1) is 24.3 Å². The molecular formula is C16H20N2O3. The molecule has 2 rings (SSSR count). The Kier molecular flexibility index (Phi) is 5.66. The first-order chi connectivity index (χ1) is 10.2. The summed E-state index contributed by atoms with van der Waals surface area (Å²) in [5.41, 5.74) is 2.21. The molecule has 5 heteroatoms. The maximum atomic E-state index is 12.2. The fraction of sp³-hybridized carbons (Fsp3) is 0.375. The van der Waals surface area contributed by atoms with E-state index < -0.39 is 0 Å². The van der Waals surface area contributed by atoms with Gasteiger partial charge in [0.1, 0.15) is 0 Å². The zero-order chi connectivity index (χ0) is 15.1. The normalized spacial score (nSPS) is 10.8. The quantitative estimate of drug-likeness (QED) is 0.760. The van der Waals surface area contributed by atoms with Crippen LogP contribution >= 0.6 is 0 Å². The predicted molar refractivity (Wildman–Crippen MR) is 81.3 cm³/mol. The lowest BCUT2D eigenvalue weighted by atomic mass is 10.1. The second kappa shape index (κ2) is 7.71. The lowest BCUT2D eigenvalue weighted by molar-refractivity contribution is 0.0868. The Morgan fingerprint density at radius 2 is 2.14 bits per heavy atom. The molecule has 0 saturated heterocycles. The van der Waals surface area contributed by atoms with Crippen molar-refractivity contribution in [3.8, 4) is 0 Å². The van der Waals surface area contributed by atoms with E-state index in [0.29, 0.717) is 31.7 Å². The van der Waals surface area contributed by atoms with Crippen molar-refractivity contribution in [1.82, 2.24) is 10.3 Å². The number of amides is 1. The van der Waals surface area contributed by atoms with E-state index in [1.807, 2.05) is 31.2 Å². The summed E-state index contributed by atoms with van der Waals surface area (Å²) in [5.74, 6) is -0.124. The summed E-state index contributed by atoms with van der Waals surface area (Å²) in [6.45, 7) is 3.32. The first-order valence-electron chi connectivity index (χ1n) is 7.05. The zero-order valence-electron chi connectivity index (χ0n) is 12.1. The van der Waals surface area contributed by atoms with Crippen LogP contribution in [-0.2, 0) is 4.74 Å². The average molecular weight is 288 g/mol. The number of aromatic nitrogens is 1. The smallest absolute Gasteiger partial charge is 0.253 e. The minimum atomic E-state index is -0.124. The molecule has 0 saturated carbocycles. The highest BCUT2D eigenvalue weighted by atomic mass is 16.5. The number of aliphatic hydroxyl groups is 1. The number of aliphatic hydroxyl groups excluding tert-OH is 1. The zero-order valence-corrected chi connectivity index (χ0v) is 12.1. The Morgan fingerprint density at radius 1 is 1.29 bits per heavy atom. The fourth-order valence-electron chi connectivity index (χ4n) is 2.07. The fourth-order valence-corrected chi connectivity index (χ4v) is 2.07. The van der Waals surface area contributed by atoms with Crippen molar-refractivity contribution in [2.24, 2.45) is 0 Å². The highest BCUT2D eigenvalue weighted by Gasteiger charge is 2.10. The van der Waals surface area contributed by atoms with Crippen LogP contribution in [0.4, 0.5) is 0 Å². The summed E-state index contributed by atoms with van der Waals surface area (Å²) >= 11 is 0. The third kappa shape index (κ3) is 4.24. The molecule has 1 aromatic carbocycles. The summed E-state index contributed by atoms with van der Waals surface area (Å²) in [6, 6.07) is 9.49. The molecule has 1 aromatic heterocycles. The standard InChI is InChI=1S/C16H20N2O3/c1-12-6-7-13-4-2-5-14(15(13)18-12)16(20)17-8-3-10-21-11-9-19/h2,4-7,19H,3,8-11H2,1H3,(H,17,20). The summed E-state index contributed by atoms with van der Waals surface area (Å²) in [5, 5.41) is 12.4. The Hall–Kier alpha value is -1.98. The van der Waals surface area contributed by atoms with Crippen LogP contribution in [0.3, 0.4) is 0 Å². The van der Waals surface area contributed by atoms with Gasteiger partial charge in [-0.05, 0) is 25.5 Å². The molecule has 5 nitrogen and oxygen atoms in total. The molecule has 0 radical (unpaired) electrons. The van der Waals surface area contributed by atoms with E-state index in [0.717, 1.165) is 16.6 Å². The second-order valence-corrected chi connectivity index (χ2v) is 4.78. The maximum Gasteiger partial charge on any atom is 0.253 e. The van der Waals surface area contributed by atoms with E-state index in [2.05, 4.69) is 10.3 Å². The molecule has 112 valence electrons. The van der Waals surface area contributed by atoms with E-state index in [4.69, 9.17) is 9.84 Å². The Bertz CT molecular complexity index is 613. The van der Waals surface area contributed by atoms with Crippen LogP contribution in [0, 0.1) is 6.92 Å². The molecule has 2 aromatic rings. The van der Waals surface area contributed by atoms with E-state index in [-0.39, 0.29) is 12.5 Å². The van der Waals surface area contributed by atoms with Crippen molar-refractivity contribution in [3.63, 3.8) is 0 Å². The van der Waals surface area contributed by atoms with Crippen LogP contribution in [-0.4, -0.2) is 42.4 Å². The van der Waals surface area contributed by atoms with Gasteiger partial charge in [0.25, 0.3) is 5.91 Å². The van der Waals surface area contributed by atoms with Gasteiger partial charge in [0, 0.05) is 24.2 Å². The molecule has 0 aliphatic carbocycles. The topological polar surface area (TPSA) is 71.5 Å². The number of para-hydroxylation sites is 1. The summed E-state index contributed by atoms with van der Waals surface area (Å²) in [7, 11) is 0. The minimum absolute atomic E-state index is 0.0212.